The number of hydrogen-bond acceptors (Lipinski definition) is 5. The fourth-order valence-corrected chi connectivity index (χ4v) is 3.42. The molecular formula is C22H24O5. The number of rotatable bonds is 5. The first kappa shape index (κ1) is 18.8. The third kappa shape index (κ3) is 3.92. The van der Waals surface area contributed by atoms with Gasteiger partial charge in [-0.15, -0.1) is 0 Å². The topological polar surface area (TPSA) is 54.0 Å². The Kier molecular flexibility index (Phi) is 5.69. The Bertz CT molecular complexity index is 882. The highest BCUT2D eigenvalue weighted by Crippen LogP contribution is 2.41. The van der Waals surface area contributed by atoms with Crippen molar-refractivity contribution in [3.05, 3.63) is 53.1 Å². The molecule has 0 saturated heterocycles. The molecule has 0 spiro atoms. The Hall–Kier alpha value is -2.95. The van der Waals surface area contributed by atoms with E-state index in [0.29, 0.717) is 11.5 Å². The van der Waals surface area contributed by atoms with Gasteiger partial charge in [-0.05, 0) is 61.2 Å². The lowest BCUT2D eigenvalue weighted by atomic mass is 9.97. The molecule has 2 aromatic carbocycles. The van der Waals surface area contributed by atoms with Gasteiger partial charge in [0.25, 0.3) is 0 Å². The molecule has 0 amide bonds. The minimum Gasteiger partial charge on any atom is -0.497 e. The SMILES string of the molecule is COc1ccc2c(c1)CCCC(c1cc(OC)ccc1OC)=C2OC(C)=O. The third-order valence-corrected chi connectivity index (χ3v) is 4.68. The van der Waals surface area contributed by atoms with Crippen LogP contribution in [0.4, 0.5) is 0 Å². The summed E-state index contributed by atoms with van der Waals surface area (Å²) < 4.78 is 22.0. The van der Waals surface area contributed by atoms with Gasteiger partial charge in [-0.2, -0.15) is 0 Å². The van der Waals surface area contributed by atoms with Crippen molar-refractivity contribution in [1.82, 2.24) is 0 Å². The average Bonchev–Trinajstić information content (AvgIpc) is 2.86. The molecule has 0 radical (unpaired) electrons. The number of esters is 1. The second-order valence-electron chi connectivity index (χ2n) is 6.34. The molecule has 2 aromatic rings. The molecule has 0 unspecified atom stereocenters. The number of benzene rings is 2. The zero-order valence-corrected chi connectivity index (χ0v) is 16.1. The van der Waals surface area contributed by atoms with Crippen LogP contribution in [0.1, 0.15) is 36.5 Å². The Morgan fingerprint density at radius 2 is 1.56 bits per heavy atom. The van der Waals surface area contributed by atoms with Gasteiger partial charge in [-0.25, -0.2) is 0 Å². The monoisotopic (exact) mass is 368 g/mol. The van der Waals surface area contributed by atoms with Gasteiger partial charge < -0.3 is 18.9 Å². The van der Waals surface area contributed by atoms with Crippen molar-refractivity contribution in [2.24, 2.45) is 0 Å². The van der Waals surface area contributed by atoms with Gasteiger partial charge in [0.05, 0.1) is 21.3 Å². The van der Waals surface area contributed by atoms with E-state index in [-0.39, 0.29) is 5.97 Å². The molecule has 1 aliphatic carbocycles. The van der Waals surface area contributed by atoms with E-state index < -0.39 is 0 Å². The predicted molar refractivity (Wildman–Crippen MR) is 104 cm³/mol. The quantitative estimate of drug-likeness (QED) is 0.729. The largest absolute Gasteiger partial charge is 0.497 e. The third-order valence-electron chi connectivity index (χ3n) is 4.68. The van der Waals surface area contributed by atoms with Crippen molar-refractivity contribution in [3.8, 4) is 17.2 Å². The normalized spacial score (nSPS) is 13.5. The van der Waals surface area contributed by atoms with Crippen LogP contribution in [-0.2, 0) is 16.0 Å². The Morgan fingerprint density at radius 1 is 0.852 bits per heavy atom. The van der Waals surface area contributed by atoms with Crippen LogP contribution in [0.5, 0.6) is 17.2 Å². The molecule has 0 bridgehead atoms. The molecule has 0 atom stereocenters. The maximum atomic E-state index is 11.9. The van der Waals surface area contributed by atoms with Crippen LogP contribution >= 0.6 is 0 Å². The van der Waals surface area contributed by atoms with Gasteiger partial charge in [-0.1, -0.05) is 0 Å². The van der Waals surface area contributed by atoms with Gasteiger partial charge in [0.15, 0.2) is 0 Å². The smallest absolute Gasteiger partial charge is 0.308 e. The van der Waals surface area contributed by atoms with Crippen LogP contribution in [0.25, 0.3) is 11.3 Å². The lowest BCUT2D eigenvalue weighted by Gasteiger charge is -2.17. The minimum absolute atomic E-state index is 0.354. The summed E-state index contributed by atoms with van der Waals surface area (Å²) in [5.74, 6) is 2.45. The number of methoxy groups -OCH3 is 3. The summed E-state index contributed by atoms with van der Waals surface area (Å²) in [6, 6.07) is 11.5. The fourth-order valence-electron chi connectivity index (χ4n) is 3.42. The second-order valence-corrected chi connectivity index (χ2v) is 6.34. The van der Waals surface area contributed by atoms with E-state index in [2.05, 4.69) is 0 Å². The van der Waals surface area contributed by atoms with Crippen LogP contribution in [0.3, 0.4) is 0 Å². The first-order chi connectivity index (χ1) is 13.1. The molecule has 0 fully saturated rings. The van der Waals surface area contributed by atoms with Crippen molar-refractivity contribution in [2.75, 3.05) is 21.3 Å². The van der Waals surface area contributed by atoms with Gasteiger partial charge in [-0.3, -0.25) is 4.79 Å². The molecule has 0 N–H and O–H groups in total. The number of carbonyl (C=O) groups excluding carboxylic acids is 1. The van der Waals surface area contributed by atoms with Crippen molar-refractivity contribution in [1.29, 1.82) is 0 Å². The van der Waals surface area contributed by atoms with Gasteiger partial charge in [0.2, 0.25) is 0 Å². The minimum atomic E-state index is -0.354. The van der Waals surface area contributed by atoms with Crippen molar-refractivity contribution >= 4 is 17.3 Å². The molecular weight excluding hydrogens is 344 g/mol. The molecule has 3 rings (SSSR count). The van der Waals surface area contributed by atoms with E-state index in [0.717, 1.165) is 53.0 Å². The Morgan fingerprint density at radius 3 is 2.22 bits per heavy atom. The maximum Gasteiger partial charge on any atom is 0.308 e. The van der Waals surface area contributed by atoms with E-state index in [1.54, 1.807) is 21.3 Å². The first-order valence-corrected chi connectivity index (χ1v) is 8.88. The number of carbonyl (C=O) groups is 1. The van der Waals surface area contributed by atoms with Crippen molar-refractivity contribution < 1.29 is 23.7 Å². The van der Waals surface area contributed by atoms with Crippen LogP contribution in [0, 0.1) is 0 Å². The number of allylic oxidation sites excluding steroid dienone is 1. The molecule has 0 aromatic heterocycles. The number of fused-ring (bicyclic) bond motifs is 1. The van der Waals surface area contributed by atoms with Gasteiger partial charge in [0.1, 0.15) is 23.0 Å². The first-order valence-electron chi connectivity index (χ1n) is 8.88. The Labute approximate surface area is 159 Å². The van der Waals surface area contributed by atoms with Crippen LogP contribution in [0.15, 0.2) is 36.4 Å². The molecule has 27 heavy (non-hydrogen) atoms. The lowest BCUT2D eigenvalue weighted by Crippen LogP contribution is -2.04. The predicted octanol–water partition coefficient (Wildman–Crippen LogP) is 4.48. The molecule has 1 aliphatic rings. The summed E-state index contributed by atoms with van der Waals surface area (Å²) in [7, 11) is 4.91. The highest BCUT2D eigenvalue weighted by Gasteiger charge is 2.24. The highest BCUT2D eigenvalue weighted by atomic mass is 16.5. The molecule has 5 heteroatoms. The van der Waals surface area contributed by atoms with E-state index in [4.69, 9.17) is 18.9 Å². The summed E-state index contributed by atoms with van der Waals surface area (Å²) in [5.41, 5.74) is 3.81. The highest BCUT2D eigenvalue weighted by molar-refractivity contribution is 5.94. The lowest BCUT2D eigenvalue weighted by molar-refractivity contribution is -0.134. The maximum absolute atomic E-state index is 11.9. The summed E-state index contributed by atoms with van der Waals surface area (Å²) >= 11 is 0. The van der Waals surface area contributed by atoms with Crippen LogP contribution in [-0.4, -0.2) is 27.3 Å². The molecule has 0 saturated carbocycles. The van der Waals surface area contributed by atoms with Gasteiger partial charge >= 0.3 is 5.97 Å². The average molecular weight is 368 g/mol. The summed E-state index contributed by atoms with van der Waals surface area (Å²) in [4.78, 5) is 11.9. The molecule has 5 nitrogen and oxygen atoms in total. The zero-order valence-electron chi connectivity index (χ0n) is 16.1. The zero-order chi connectivity index (χ0) is 19.4. The van der Waals surface area contributed by atoms with Crippen LogP contribution < -0.4 is 14.2 Å². The van der Waals surface area contributed by atoms with Crippen LogP contribution in [0.2, 0.25) is 0 Å². The van der Waals surface area contributed by atoms with E-state index in [1.165, 1.54) is 6.92 Å². The number of aryl methyl sites for hydroxylation is 1. The molecule has 142 valence electrons. The van der Waals surface area contributed by atoms with E-state index >= 15 is 0 Å². The van der Waals surface area contributed by atoms with Gasteiger partial charge in [0, 0.05) is 23.6 Å². The fraction of sp³-hybridized carbons (Fsp3) is 0.318. The Balaban J connectivity index is 2.25. The summed E-state index contributed by atoms with van der Waals surface area (Å²) in [6.07, 6.45) is 2.54. The van der Waals surface area contributed by atoms with Crippen molar-refractivity contribution in [3.63, 3.8) is 0 Å². The number of hydrogen-bond donors (Lipinski definition) is 0. The van der Waals surface area contributed by atoms with Crippen molar-refractivity contribution in [2.45, 2.75) is 26.2 Å². The number of ether oxygens (including phenoxy) is 4. The molecule has 0 aliphatic heterocycles. The summed E-state index contributed by atoms with van der Waals surface area (Å²) in [5, 5.41) is 0. The standard InChI is InChI=1S/C22H24O5/c1-14(23)27-22-18-10-8-16(24-2)12-15(18)6-5-7-19(22)20-13-17(25-3)9-11-21(20)26-4/h8-13H,5-7H2,1-4H3. The van der Waals surface area contributed by atoms with E-state index in [9.17, 15) is 4.79 Å². The summed E-state index contributed by atoms with van der Waals surface area (Å²) in [6.45, 7) is 1.42. The molecule has 0 heterocycles. The van der Waals surface area contributed by atoms with E-state index in [1.807, 2.05) is 36.4 Å². The second kappa shape index (κ2) is 8.16.